The van der Waals surface area contributed by atoms with Gasteiger partial charge in [0, 0.05) is 5.56 Å². The number of ether oxygens (including phenoxy) is 2. The van der Waals surface area contributed by atoms with E-state index in [0.717, 1.165) is 28.2 Å². The smallest absolute Gasteiger partial charge is 0.126 e. The van der Waals surface area contributed by atoms with Crippen molar-refractivity contribution in [2.45, 2.75) is 6.92 Å². The van der Waals surface area contributed by atoms with Crippen LogP contribution in [0.4, 0.5) is 0 Å². The number of hydrogen-bond acceptors (Lipinski definition) is 2. The van der Waals surface area contributed by atoms with E-state index in [0.29, 0.717) is 0 Å². The van der Waals surface area contributed by atoms with E-state index >= 15 is 0 Å². The summed E-state index contributed by atoms with van der Waals surface area (Å²) in [5, 5.41) is 0. The van der Waals surface area contributed by atoms with Crippen molar-refractivity contribution in [3.05, 3.63) is 77.9 Å². The topological polar surface area (TPSA) is 18.5 Å². The van der Waals surface area contributed by atoms with Gasteiger partial charge in [0.25, 0.3) is 0 Å². The molecule has 0 saturated heterocycles. The van der Waals surface area contributed by atoms with Crippen LogP contribution < -0.4 is 9.47 Å². The summed E-state index contributed by atoms with van der Waals surface area (Å²) >= 11 is 0. The van der Waals surface area contributed by atoms with Crippen molar-refractivity contribution in [3.8, 4) is 11.5 Å². The Labute approximate surface area is 126 Å². The lowest BCUT2D eigenvalue weighted by Gasteiger charge is -2.12. The van der Waals surface area contributed by atoms with Crippen molar-refractivity contribution in [1.82, 2.24) is 0 Å². The highest BCUT2D eigenvalue weighted by Crippen LogP contribution is 2.31. The fraction of sp³-hybridized carbons (Fsp3) is 0.158. The normalized spacial score (nSPS) is 11.7. The zero-order valence-electron chi connectivity index (χ0n) is 12.7. The monoisotopic (exact) mass is 280 g/mol. The molecule has 0 N–H and O–H groups in total. The van der Waals surface area contributed by atoms with Gasteiger partial charge in [0.2, 0.25) is 0 Å². The maximum Gasteiger partial charge on any atom is 0.126 e. The molecule has 0 amide bonds. The van der Waals surface area contributed by atoms with Crippen molar-refractivity contribution in [2.75, 3.05) is 14.2 Å². The molecule has 0 heterocycles. The van der Waals surface area contributed by atoms with Gasteiger partial charge in [-0.25, -0.2) is 0 Å². The minimum atomic E-state index is 0.851. The molecule has 108 valence electrons. The Morgan fingerprint density at radius 3 is 2.24 bits per heavy atom. The van der Waals surface area contributed by atoms with Crippen molar-refractivity contribution in [1.29, 1.82) is 0 Å². The van der Waals surface area contributed by atoms with Crippen LogP contribution in [0.5, 0.6) is 11.5 Å². The summed E-state index contributed by atoms with van der Waals surface area (Å²) < 4.78 is 10.7. The summed E-state index contributed by atoms with van der Waals surface area (Å²) in [6, 6.07) is 16.1. The van der Waals surface area contributed by atoms with E-state index in [1.807, 2.05) is 49.4 Å². The third kappa shape index (κ3) is 3.54. The Kier molecular flexibility index (Phi) is 5.22. The maximum atomic E-state index is 5.48. The van der Waals surface area contributed by atoms with Gasteiger partial charge in [0.1, 0.15) is 11.5 Å². The number of para-hydroxylation sites is 1. The average Bonchev–Trinajstić information content (AvgIpc) is 2.56. The first-order valence-electron chi connectivity index (χ1n) is 6.91. The van der Waals surface area contributed by atoms with Crippen molar-refractivity contribution in [2.24, 2.45) is 0 Å². The predicted octanol–water partition coefficient (Wildman–Crippen LogP) is 4.71. The summed E-state index contributed by atoms with van der Waals surface area (Å²) in [7, 11) is 3.37. The van der Waals surface area contributed by atoms with Crippen LogP contribution in [0.2, 0.25) is 0 Å². The third-order valence-corrected chi connectivity index (χ3v) is 3.25. The molecule has 2 heteroatoms. The molecule has 2 aromatic carbocycles. The number of benzene rings is 2. The van der Waals surface area contributed by atoms with Crippen molar-refractivity contribution in [3.63, 3.8) is 0 Å². The highest BCUT2D eigenvalue weighted by atomic mass is 16.5. The molecular formula is C19H20O2. The molecule has 0 unspecified atom stereocenters. The van der Waals surface area contributed by atoms with Gasteiger partial charge in [-0.05, 0) is 36.3 Å². The van der Waals surface area contributed by atoms with Crippen molar-refractivity contribution < 1.29 is 9.47 Å². The minimum absolute atomic E-state index is 0.851. The second kappa shape index (κ2) is 7.34. The van der Waals surface area contributed by atoms with Crippen LogP contribution in [0.3, 0.4) is 0 Å². The Bertz CT molecular complexity index is 637. The van der Waals surface area contributed by atoms with Gasteiger partial charge in [-0.1, -0.05) is 48.6 Å². The fourth-order valence-corrected chi connectivity index (χ4v) is 2.17. The van der Waals surface area contributed by atoms with E-state index < -0.39 is 0 Å². The lowest BCUT2D eigenvalue weighted by atomic mass is 9.96. The first kappa shape index (κ1) is 14.9. The molecule has 0 saturated carbocycles. The minimum Gasteiger partial charge on any atom is -0.497 e. The molecule has 0 aromatic heterocycles. The lowest BCUT2D eigenvalue weighted by molar-refractivity contribution is 0.413. The summed E-state index contributed by atoms with van der Waals surface area (Å²) in [5.74, 6) is 1.72. The third-order valence-electron chi connectivity index (χ3n) is 3.25. The summed E-state index contributed by atoms with van der Waals surface area (Å²) in [5.41, 5.74) is 3.31. The second-order valence-corrected chi connectivity index (χ2v) is 4.53. The molecule has 0 spiro atoms. The SMILES string of the molecule is C/C=C/C=C(/c1ccc(OC)cc1)c1ccccc1OC. The Morgan fingerprint density at radius 2 is 1.62 bits per heavy atom. The van der Waals surface area contributed by atoms with Gasteiger partial charge < -0.3 is 9.47 Å². The number of hydrogen-bond donors (Lipinski definition) is 0. The molecule has 21 heavy (non-hydrogen) atoms. The van der Waals surface area contributed by atoms with E-state index in [-0.39, 0.29) is 0 Å². The van der Waals surface area contributed by atoms with E-state index in [9.17, 15) is 0 Å². The standard InChI is InChI=1S/C19H20O2/c1-4-5-8-17(15-11-13-16(20-2)14-12-15)18-9-6-7-10-19(18)21-3/h4-14H,1-3H3/b5-4+,17-8-. The van der Waals surface area contributed by atoms with Crippen LogP contribution in [-0.2, 0) is 0 Å². The van der Waals surface area contributed by atoms with E-state index in [1.54, 1.807) is 14.2 Å². The maximum absolute atomic E-state index is 5.48. The van der Waals surface area contributed by atoms with Crippen LogP contribution in [0.25, 0.3) is 5.57 Å². The van der Waals surface area contributed by atoms with Crippen LogP contribution in [0.15, 0.2) is 66.8 Å². The zero-order chi connectivity index (χ0) is 15.1. The number of methoxy groups -OCH3 is 2. The largest absolute Gasteiger partial charge is 0.497 e. The molecule has 0 atom stereocenters. The second-order valence-electron chi connectivity index (χ2n) is 4.53. The summed E-state index contributed by atoms with van der Waals surface area (Å²) in [6.07, 6.45) is 6.14. The van der Waals surface area contributed by atoms with Crippen molar-refractivity contribution >= 4 is 5.57 Å². The fourth-order valence-electron chi connectivity index (χ4n) is 2.17. The predicted molar refractivity (Wildman–Crippen MR) is 87.9 cm³/mol. The van der Waals surface area contributed by atoms with Crippen LogP contribution in [-0.4, -0.2) is 14.2 Å². The molecule has 0 aliphatic rings. The highest BCUT2D eigenvalue weighted by molar-refractivity contribution is 5.83. The van der Waals surface area contributed by atoms with Crippen LogP contribution in [0, 0.1) is 0 Å². The lowest BCUT2D eigenvalue weighted by Crippen LogP contribution is -1.93. The Morgan fingerprint density at radius 1 is 0.905 bits per heavy atom. The van der Waals surface area contributed by atoms with Gasteiger partial charge in [0.15, 0.2) is 0 Å². The highest BCUT2D eigenvalue weighted by Gasteiger charge is 2.09. The number of allylic oxidation sites excluding steroid dienone is 3. The molecule has 0 fully saturated rings. The van der Waals surface area contributed by atoms with E-state index in [4.69, 9.17) is 9.47 Å². The molecule has 0 aliphatic heterocycles. The molecule has 0 aliphatic carbocycles. The van der Waals surface area contributed by atoms with Gasteiger partial charge in [0.05, 0.1) is 14.2 Å². The van der Waals surface area contributed by atoms with Crippen LogP contribution in [0.1, 0.15) is 18.1 Å². The molecular weight excluding hydrogens is 260 g/mol. The first-order chi connectivity index (χ1) is 10.3. The molecule has 2 rings (SSSR count). The molecule has 2 aromatic rings. The van der Waals surface area contributed by atoms with E-state index in [2.05, 4.69) is 24.3 Å². The molecule has 2 nitrogen and oxygen atoms in total. The zero-order valence-corrected chi connectivity index (χ0v) is 12.7. The average molecular weight is 280 g/mol. The van der Waals surface area contributed by atoms with Gasteiger partial charge in [-0.3, -0.25) is 0 Å². The van der Waals surface area contributed by atoms with Crippen LogP contribution >= 0.6 is 0 Å². The van der Waals surface area contributed by atoms with Gasteiger partial charge in [-0.2, -0.15) is 0 Å². The molecule has 0 bridgehead atoms. The summed E-state index contributed by atoms with van der Waals surface area (Å²) in [6.45, 7) is 2.00. The number of rotatable bonds is 5. The molecule has 0 radical (unpaired) electrons. The van der Waals surface area contributed by atoms with E-state index in [1.165, 1.54) is 0 Å². The quantitative estimate of drug-likeness (QED) is 0.738. The summed E-state index contributed by atoms with van der Waals surface area (Å²) in [4.78, 5) is 0. The van der Waals surface area contributed by atoms with Gasteiger partial charge in [-0.15, -0.1) is 0 Å². The Hall–Kier alpha value is -2.48. The Balaban J connectivity index is 2.52. The van der Waals surface area contributed by atoms with Gasteiger partial charge >= 0.3 is 0 Å². The first-order valence-corrected chi connectivity index (χ1v) is 6.91.